The first-order valence-corrected chi connectivity index (χ1v) is 4.14. The molecule has 0 saturated heterocycles. The SMILES string of the molecule is O=S(O)Oc1ccc(Cl)cc1. The lowest BCUT2D eigenvalue weighted by molar-refractivity contribution is 0.458. The van der Waals surface area contributed by atoms with Crippen molar-refractivity contribution in [3.05, 3.63) is 29.3 Å². The second-order valence-electron chi connectivity index (χ2n) is 1.75. The summed E-state index contributed by atoms with van der Waals surface area (Å²) in [4.78, 5) is 0. The van der Waals surface area contributed by atoms with Crippen LogP contribution in [0.25, 0.3) is 0 Å². The number of rotatable bonds is 2. The summed E-state index contributed by atoms with van der Waals surface area (Å²) in [5.41, 5.74) is 0. The van der Waals surface area contributed by atoms with Crippen molar-refractivity contribution in [3.63, 3.8) is 0 Å². The highest BCUT2D eigenvalue weighted by molar-refractivity contribution is 7.74. The van der Waals surface area contributed by atoms with Crippen molar-refractivity contribution in [1.29, 1.82) is 0 Å². The van der Waals surface area contributed by atoms with Crippen LogP contribution in [0.5, 0.6) is 5.75 Å². The molecule has 5 heteroatoms. The molecule has 3 nitrogen and oxygen atoms in total. The fraction of sp³-hybridized carbons (Fsp3) is 0. The summed E-state index contributed by atoms with van der Waals surface area (Å²) >= 11 is 3.29. The lowest BCUT2D eigenvalue weighted by Gasteiger charge is -1.97. The maximum absolute atomic E-state index is 10.1. The number of halogens is 1. The van der Waals surface area contributed by atoms with Crippen molar-refractivity contribution < 1.29 is 12.9 Å². The van der Waals surface area contributed by atoms with Gasteiger partial charge in [-0.25, -0.2) is 0 Å². The van der Waals surface area contributed by atoms with Crippen molar-refractivity contribution >= 4 is 23.0 Å². The molecule has 0 saturated carbocycles. The van der Waals surface area contributed by atoms with E-state index in [1.54, 1.807) is 12.1 Å². The van der Waals surface area contributed by atoms with Gasteiger partial charge in [0.2, 0.25) is 0 Å². The van der Waals surface area contributed by atoms with Gasteiger partial charge in [-0.3, -0.25) is 4.55 Å². The van der Waals surface area contributed by atoms with Gasteiger partial charge in [0.05, 0.1) is 0 Å². The van der Waals surface area contributed by atoms with Crippen LogP contribution in [0.2, 0.25) is 5.02 Å². The molecule has 0 amide bonds. The Morgan fingerprint density at radius 1 is 1.36 bits per heavy atom. The van der Waals surface area contributed by atoms with Crippen LogP contribution in [-0.2, 0) is 11.4 Å². The predicted octanol–water partition coefficient (Wildman–Crippen LogP) is 1.86. The molecule has 0 aromatic heterocycles. The standard InChI is InChI=1S/C6H5ClO3S/c7-5-1-3-6(4-2-5)10-11(8)9/h1-4H,(H,8,9). The second-order valence-corrected chi connectivity index (χ2v) is 2.79. The van der Waals surface area contributed by atoms with E-state index in [4.69, 9.17) is 16.2 Å². The monoisotopic (exact) mass is 192 g/mol. The van der Waals surface area contributed by atoms with E-state index in [-0.39, 0.29) is 0 Å². The van der Waals surface area contributed by atoms with Gasteiger partial charge in [-0.2, -0.15) is 4.21 Å². The molecule has 0 bridgehead atoms. The molecule has 0 aliphatic heterocycles. The highest BCUT2D eigenvalue weighted by Gasteiger charge is 1.96. The summed E-state index contributed by atoms with van der Waals surface area (Å²) in [6.45, 7) is 0. The summed E-state index contributed by atoms with van der Waals surface area (Å²) in [6, 6.07) is 6.17. The minimum absolute atomic E-state index is 0.315. The molecule has 60 valence electrons. The Morgan fingerprint density at radius 3 is 2.36 bits per heavy atom. The van der Waals surface area contributed by atoms with Crippen LogP contribution in [-0.4, -0.2) is 8.76 Å². The number of hydrogen-bond donors (Lipinski definition) is 1. The average molecular weight is 193 g/mol. The zero-order chi connectivity index (χ0) is 8.27. The molecule has 1 aromatic rings. The van der Waals surface area contributed by atoms with E-state index in [0.717, 1.165) is 0 Å². The predicted molar refractivity (Wildman–Crippen MR) is 42.9 cm³/mol. The summed E-state index contributed by atoms with van der Waals surface area (Å²) in [5.74, 6) is 0.315. The van der Waals surface area contributed by atoms with Gasteiger partial charge in [0.25, 0.3) is 0 Å². The van der Waals surface area contributed by atoms with Crippen molar-refractivity contribution in [2.45, 2.75) is 0 Å². The van der Waals surface area contributed by atoms with E-state index >= 15 is 0 Å². The molecular formula is C6H5ClO3S. The first kappa shape index (κ1) is 8.52. The van der Waals surface area contributed by atoms with Gasteiger partial charge < -0.3 is 4.18 Å². The van der Waals surface area contributed by atoms with Crippen molar-refractivity contribution in [2.24, 2.45) is 0 Å². The Hall–Kier alpha value is -0.580. The molecule has 0 radical (unpaired) electrons. The quantitative estimate of drug-likeness (QED) is 0.728. The molecule has 1 N–H and O–H groups in total. The van der Waals surface area contributed by atoms with Crippen LogP contribution < -0.4 is 4.18 Å². The maximum Gasteiger partial charge on any atom is 0.357 e. The smallest absolute Gasteiger partial charge is 0.357 e. The first-order valence-electron chi connectivity index (χ1n) is 2.73. The number of benzene rings is 1. The molecule has 1 aromatic carbocycles. The van der Waals surface area contributed by atoms with Gasteiger partial charge in [0.1, 0.15) is 5.75 Å². The molecule has 11 heavy (non-hydrogen) atoms. The Bertz CT molecular complexity index is 259. The molecule has 1 unspecified atom stereocenters. The van der Waals surface area contributed by atoms with Gasteiger partial charge in [0, 0.05) is 5.02 Å². The zero-order valence-corrected chi connectivity index (χ0v) is 6.93. The van der Waals surface area contributed by atoms with Gasteiger partial charge in [-0.1, -0.05) is 11.6 Å². The summed E-state index contributed by atoms with van der Waals surface area (Å²) in [7, 11) is 0. The molecule has 0 fully saturated rings. The summed E-state index contributed by atoms with van der Waals surface area (Å²) in [6.07, 6.45) is 0. The zero-order valence-electron chi connectivity index (χ0n) is 5.36. The minimum atomic E-state index is -2.27. The fourth-order valence-electron chi connectivity index (χ4n) is 0.572. The van der Waals surface area contributed by atoms with Crippen LogP contribution in [0.4, 0.5) is 0 Å². The third-order valence-corrected chi connectivity index (χ3v) is 1.57. The largest absolute Gasteiger partial charge is 0.380 e. The van der Waals surface area contributed by atoms with E-state index in [1.807, 2.05) is 0 Å². The second kappa shape index (κ2) is 3.71. The highest BCUT2D eigenvalue weighted by Crippen LogP contribution is 2.15. The van der Waals surface area contributed by atoms with Gasteiger partial charge in [-0.05, 0) is 24.3 Å². The van der Waals surface area contributed by atoms with E-state index in [9.17, 15) is 4.21 Å². The first-order chi connectivity index (χ1) is 5.18. The van der Waals surface area contributed by atoms with E-state index < -0.39 is 11.4 Å². The topological polar surface area (TPSA) is 46.5 Å². The molecular weight excluding hydrogens is 188 g/mol. The van der Waals surface area contributed by atoms with E-state index in [0.29, 0.717) is 10.8 Å². The molecule has 1 rings (SSSR count). The minimum Gasteiger partial charge on any atom is -0.380 e. The van der Waals surface area contributed by atoms with Crippen LogP contribution in [0.15, 0.2) is 24.3 Å². The van der Waals surface area contributed by atoms with Crippen molar-refractivity contribution in [2.75, 3.05) is 0 Å². The third-order valence-electron chi connectivity index (χ3n) is 0.981. The van der Waals surface area contributed by atoms with Crippen LogP contribution in [0.3, 0.4) is 0 Å². The average Bonchev–Trinajstić information content (AvgIpc) is 1.93. The van der Waals surface area contributed by atoms with Gasteiger partial charge in [0.15, 0.2) is 0 Å². The molecule has 0 spiro atoms. The Morgan fingerprint density at radius 2 is 1.91 bits per heavy atom. The lowest BCUT2D eigenvalue weighted by atomic mass is 10.3. The van der Waals surface area contributed by atoms with Crippen molar-refractivity contribution in [1.82, 2.24) is 0 Å². The Kier molecular flexibility index (Phi) is 2.87. The molecule has 0 aliphatic rings. The third kappa shape index (κ3) is 2.88. The van der Waals surface area contributed by atoms with E-state index in [2.05, 4.69) is 4.18 Å². The van der Waals surface area contributed by atoms with Crippen LogP contribution in [0, 0.1) is 0 Å². The molecule has 1 atom stereocenters. The number of hydrogen-bond acceptors (Lipinski definition) is 2. The molecule has 0 aliphatic carbocycles. The lowest BCUT2D eigenvalue weighted by Crippen LogP contribution is -1.96. The normalized spacial score (nSPS) is 12.5. The summed E-state index contributed by atoms with van der Waals surface area (Å²) < 4.78 is 22.8. The van der Waals surface area contributed by atoms with Crippen molar-refractivity contribution in [3.8, 4) is 5.75 Å². The van der Waals surface area contributed by atoms with Gasteiger partial charge >= 0.3 is 11.4 Å². The van der Waals surface area contributed by atoms with Gasteiger partial charge in [-0.15, -0.1) is 0 Å². The Balaban J connectivity index is 2.74. The van der Waals surface area contributed by atoms with Crippen LogP contribution >= 0.6 is 11.6 Å². The summed E-state index contributed by atoms with van der Waals surface area (Å²) in [5, 5.41) is 0.557. The molecule has 0 heterocycles. The van der Waals surface area contributed by atoms with E-state index in [1.165, 1.54) is 12.1 Å². The maximum atomic E-state index is 10.1. The van der Waals surface area contributed by atoms with Crippen LogP contribution in [0.1, 0.15) is 0 Å². The fourth-order valence-corrected chi connectivity index (χ4v) is 0.974. The highest BCUT2D eigenvalue weighted by atomic mass is 35.5. The Labute approximate surface area is 71.4 Å².